The van der Waals surface area contributed by atoms with E-state index in [0.29, 0.717) is 45.8 Å². The van der Waals surface area contributed by atoms with Crippen molar-refractivity contribution in [3.63, 3.8) is 0 Å². The van der Waals surface area contributed by atoms with E-state index in [-0.39, 0.29) is 6.73 Å². The van der Waals surface area contributed by atoms with Crippen LogP contribution in [0.4, 0.5) is 5.69 Å². The highest BCUT2D eigenvalue weighted by atomic mass is 35.5. The molecular weight excluding hydrogens is 560 g/mol. The van der Waals surface area contributed by atoms with Gasteiger partial charge in [-0.25, -0.2) is 9.78 Å². The molecule has 1 aliphatic rings. The predicted molar refractivity (Wildman–Crippen MR) is 163 cm³/mol. The number of rotatable bonds is 10. The van der Waals surface area contributed by atoms with Gasteiger partial charge in [-0.3, -0.25) is 4.57 Å². The third-order valence-corrected chi connectivity index (χ3v) is 8.83. The van der Waals surface area contributed by atoms with E-state index in [1.807, 2.05) is 12.1 Å². The van der Waals surface area contributed by atoms with Crippen LogP contribution in [0, 0.1) is 0 Å². The van der Waals surface area contributed by atoms with Crippen molar-refractivity contribution in [2.24, 2.45) is 0 Å². The molecule has 11 heteroatoms. The van der Waals surface area contributed by atoms with Crippen LogP contribution in [0.15, 0.2) is 54.6 Å². The summed E-state index contributed by atoms with van der Waals surface area (Å²) in [6.07, 6.45) is 0. The Hall–Kier alpha value is -3.44. The molecule has 4 aromatic rings. The highest BCUT2D eigenvalue weighted by Gasteiger charge is 2.20. The van der Waals surface area contributed by atoms with Crippen LogP contribution in [0.5, 0.6) is 11.8 Å². The van der Waals surface area contributed by atoms with Crippen molar-refractivity contribution in [1.82, 2.24) is 14.5 Å². The van der Waals surface area contributed by atoms with Crippen molar-refractivity contribution in [1.29, 1.82) is 0 Å². The van der Waals surface area contributed by atoms with Gasteiger partial charge in [0.25, 0.3) is 0 Å². The number of pyridine rings is 1. The Morgan fingerprint density at radius 1 is 1.05 bits per heavy atom. The van der Waals surface area contributed by atoms with Gasteiger partial charge in [0.15, 0.2) is 5.65 Å². The first kappa shape index (κ1) is 29.1. The van der Waals surface area contributed by atoms with Gasteiger partial charge in [0.2, 0.25) is 0 Å². The number of imidazole rings is 1. The van der Waals surface area contributed by atoms with Crippen LogP contribution in [0.3, 0.4) is 0 Å². The van der Waals surface area contributed by atoms with Gasteiger partial charge in [0.05, 0.1) is 36.6 Å². The van der Waals surface area contributed by atoms with E-state index < -0.39 is 14.0 Å². The summed E-state index contributed by atoms with van der Waals surface area (Å²) in [5.74, 6) is -0.00654. The molecule has 9 nitrogen and oxygen atoms in total. The fourth-order valence-electron chi connectivity index (χ4n) is 4.50. The number of anilines is 1. The van der Waals surface area contributed by atoms with Crippen LogP contribution in [-0.2, 0) is 20.9 Å². The van der Waals surface area contributed by atoms with Crippen LogP contribution in [-0.4, -0.2) is 68.6 Å². The highest BCUT2D eigenvalue weighted by molar-refractivity contribution is 6.76. The van der Waals surface area contributed by atoms with Gasteiger partial charge in [-0.15, -0.1) is 0 Å². The number of carbonyl (C=O) groups excluding carboxylic acids is 1. The molecule has 41 heavy (non-hydrogen) atoms. The lowest BCUT2D eigenvalue weighted by Gasteiger charge is -2.28. The number of morpholine rings is 1. The van der Waals surface area contributed by atoms with Crippen molar-refractivity contribution in [2.75, 3.05) is 44.9 Å². The van der Waals surface area contributed by atoms with Crippen LogP contribution in [0.1, 0.15) is 10.4 Å². The molecule has 0 aliphatic carbocycles. The summed E-state index contributed by atoms with van der Waals surface area (Å²) in [4.78, 5) is 24.0. The number of benzene rings is 2. The molecular formula is C30H35ClN4O5Si. The molecule has 216 valence electrons. The number of methoxy groups -OCH3 is 1. The predicted octanol–water partition coefficient (Wildman–Crippen LogP) is 6.48. The molecule has 0 saturated carbocycles. The largest absolute Gasteiger partial charge is 0.465 e. The number of ether oxygens (including phenoxy) is 4. The summed E-state index contributed by atoms with van der Waals surface area (Å²) in [6.45, 7) is 11.0. The molecule has 0 spiro atoms. The number of halogens is 1. The summed E-state index contributed by atoms with van der Waals surface area (Å²) in [5, 5.41) is 0.486. The first-order chi connectivity index (χ1) is 19.7. The average molecular weight is 595 g/mol. The monoisotopic (exact) mass is 594 g/mol. The molecule has 0 unspecified atom stereocenters. The number of hydrogen-bond donors (Lipinski definition) is 0. The highest BCUT2D eigenvalue weighted by Crippen LogP contribution is 2.33. The van der Waals surface area contributed by atoms with Crippen LogP contribution >= 0.6 is 11.6 Å². The molecule has 1 fully saturated rings. The van der Waals surface area contributed by atoms with Gasteiger partial charge in [-0.2, -0.15) is 4.98 Å². The zero-order valence-electron chi connectivity index (χ0n) is 23.9. The van der Waals surface area contributed by atoms with Crippen LogP contribution in [0.2, 0.25) is 30.7 Å². The minimum atomic E-state index is -1.27. The van der Waals surface area contributed by atoms with E-state index >= 15 is 0 Å². The fourth-order valence-corrected chi connectivity index (χ4v) is 5.51. The van der Waals surface area contributed by atoms with E-state index in [1.54, 1.807) is 34.9 Å². The number of hydrogen-bond acceptors (Lipinski definition) is 8. The maximum Gasteiger partial charge on any atom is 0.337 e. The Bertz CT molecular complexity index is 1510. The first-order valence-corrected chi connectivity index (χ1v) is 17.7. The van der Waals surface area contributed by atoms with Crippen LogP contribution < -0.4 is 9.64 Å². The Balaban J connectivity index is 1.48. The van der Waals surface area contributed by atoms with Crippen molar-refractivity contribution >= 4 is 42.5 Å². The normalized spacial score (nSPS) is 13.9. The van der Waals surface area contributed by atoms with Crippen molar-refractivity contribution in [3.05, 3.63) is 65.2 Å². The lowest BCUT2D eigenvalue weighted by Crippen LogP contribution is -2.36. The van der Waals surface area contributed by atoms with Crippen molar-refractivity contribution < 1.29 is 23.7 Å². The Morgan fingerprint density at radius 3 is 2.51 bits per heavy atom. The van der Waals surface area contributed by atoms with Gasteiger partial charge in [-0.05, 0) is 42.4 Å². The third-order valence-electron chi connectivity index (χ3n) is 6.84. The Kier molecular flexibility index (Phi) is 8.93. The zero-order chi connectivity index (χ0) is 29.0. The average Bonchev–Trinajstić information content (AvgIpc) is 3.29. The maximum absolute atomic E-state index is 12.1. The quantitative estimate of drug-likeness (QED) is 0.117. The molecule has 3 heterocycles. The second-order valence-electron chi connectivity index (χ2n) is 11.1. The molecule has 1 aliphatic heterocycles. The lowest BCUT2D eigenvalue weighted by molar-refractivity contribution is 0.0600. The number of esters is 1. The lowest BCUT2D eigenvalue weighted by atomic mass is 10.1. The smallest absolute Gasteiger partial charge is 0.337 e. The first-order valence-electron chi connectivity index (χ1n) is 13.7. The molecule has 0 atom stereocenters. The SMILES string of the molecule is COC(=O)c1cccc(Oc2nc3cc(Cl)c(-c4ccc(N5CCOCC5)cc4)nc3n2COCC[Si](C)(C)C)c1. The molecule has 0 N–H and O–H groups in total. The number of aromatic nitrogens is 3. The summed E-state index contributed by atoms with van der Waals surface area (Å²) in [5.41, 5.74) is 4.23. The second-order valence-corrected chi connectivity index (χ2v) is 17.1. The van der Waals surface area contributed by atoms with Gasteiger partial charge in [0, 0.05) is 39.0 Å². The number of fused-ring (bicyclic) bond motifs is 1. The minimum Gasteiger partial charge on any atom is -0.465 e. The zero-order valence-corrected chi connectivity index (χ0v) is 25.6. The Labute approximate surface area is 246 Å². The molecule has 0 amide bonds. The standard InChI is InChI=1S/C30H35ClN4O5Si/c1-37-29(36)22-6-5-7-24(18-22)40-30-32-26-19-25(31)27(33-28(26)35(30)20-39-16-17-41(2,3)4)21-8-10-23(11-9-21)34-12-14-38-15-13-34/h5-11,18-19H,12-17,20H2,1-4H3. The summed E-state index contributed by atoms with van der Waals surface area (Å²) < 4.78 is 24.4. The molecule has 2 aromatic heterocycles. The van der Waals surface area contributed by atoms with Gasteiger partial charge >= 0.3 is 12.0 Å². The number of carbonyl (C=O) groups is 1. The van der Waals surface area contributed by atoms with Gasteiger partial charge in [0.1, 0.15) is 18.0 Å². The second kappa shape index (κ2) is 12.6. The molecule has 0 bridgehead atoms. The van der Waals surface area contributed by atoms with Crippen LogP contribution in [0.25, 0.3) is 22.4 Å². The maximum atomic E-state index is 12.1. The van der Waals surface area contributed by atoms with Crippen molar-refractivity contribution in [3.8, 4) is 23.0 Å². The number of nitrogens with zero attached hydrogens (tertiary/aromatic N) is 4. The topological polar surface area (TPSA) is 87.9 Å². The molecule has 2 aromatic carbocycles. The summed E-state index contributed by atoms with van der Waals surface area (Å²) in [6, 6.07) is 18.1. The molecule has 5 rings (SSSR count). The minimum absolute atomic E-state index is 0.205. The van der Waals surface area contributed by atoms with Gasteiger partial charge in [-0.1, -0.05) is 49.4 Å². The Morgan fingerprint density at radius 2 is 1.80 bits per heavy atom. The van der Waals surface area contributed by atoms with Crippen molar-refractivity contribution in [2.45, 2.75) is 32.4 Å². The van der Waals surface area contributed by atoms with E-state index in [2.05, 4.69) is 41.7 Å². The fraction of sp³-hybridized carbons (Fsp3) is 0.367. The van der Waals surface area contributed by atoms with E-state index in [0.717, 1.165) is 43.6 Å². The van der Waals surface area contributed by atoms with E-state index in [1.165, 1.54) is 7.11 Å². The van der Waals surface area contributed by atoms with E-state index in [4.69, 9.17) is 35.5 Å². The summed E-state index contributed by atoms with van der Waals surface area (Å²) in [7, 11) is 0.0689. The van der Waals surface area contributed by atoms with Gasteiger partial charge < -0.3 is 23.8 Å². The molecule has 0 radical (unpaired) electrons. The summed E-state index contributed by atoms with van der Waals surface area (Å²) >= 11 is 6.74. The van der Waals surface area contributed by atoms with E-state index in [9.17, 15) is 4.79 Å². The molecule has 1 saturated heterocycles. The third kappa shape index (κ3) is 7.07.